The SMILES string of the molecule is COCC(C)n1c(C)cc(C(=O)COC(=O)c2cc[n+]([O-])cc2)c1C. The summed E-state index contributed by atoms with van der Waals surface area (Å²) in [6.07, 6.45) is 2.40. The van der Waals surface area contributed by atoms with E-state index in [1.807, 2.05) is 25.3 Å². The van der Waals surface area contributed by atoms with Gasteiger partial charge in [0, 0.05) is 36.2 Å². The maximum Gasteiger partial charge on any atom is 0.339 e. The van der Waals surface area contributed by atoms with Crippen LogP contribution >= 0.6 is 0 Å². The Hall–Kier alpha value is -2.67. The van der Waals surface area contributed by atoms with Crippen molar-refractivity contribution in [2.24, 2.45) is 0 Å². The molecule has 0 spiro atoms. The van der Waals surface area contributed by atoms with Crippen molar-refractivity contribution in [2.45, 2.75) is 26.8 Å². The minimum atomic E-state index is -0.643. The van der Waals surface area contributed by atoms with Crippen LogP contribution in [0, 0.1) is 19.1 Å². The number of methoxy groups -OCH3 is 1. The number of aryl methyl sites for hydroxylation is 1. The summed E-state index contributed by atoms with van der Waals surface area (Å²) in [5, 5.41) is 11.0. The van der Waals surface area contributed by atoms with E-state index in [1.165, 1.54) is 24.5 Å². The van der Waals surface area contributed by atoms with E-state index in [0.29, 0.717) is 16.9 Å². The van der Waals surface area contributed by atoms with Gasteiger partial charge in [0.25, 0.3) is 0 Å². The fourth-order valence-corrected chi connectivity index (χ4v) is 2.89. The van der Waals surface area contributed by atoms with Crippen LogP contribution in [0.25, 0.3) is 0 Å². The highest BCUT2D eigenvalue weighted by Gasteiger charge is 2.20. The van der Waals surface area contributed by atoms with Crippen molar-refractivity contribution < 1.29 is 23.8 Å². The molecule has 0 aliphatic heterocycles. The molecule has 0 amide bonds. The Morgan fingerprint density at radius 3 is 2.52 bits per heavy atom. The van der Waals surface area contributed by atoms with Gasteiger partial charge >= 0.3 is 5.97 Å². The highest BCUT2D eigenvalue weighted by molar-refractivity contribution is 6.00. The van der Waals surface area contributed by atoms with Crippen molar-refractivity contribution in [3.05, 3.63) is 58.3 Å². The van der Waals surface area contributed by atoms with Gasteiger partial charge in [0.1, 0.15) is 0 Å². The fraction of sp³-hybridized carbons (Fsp3) is 0.389. The maximum absolute atomic E-state index is 12.4. The second-order valence-corrected chi connectivity index (χ2v) is 5.91. The number of ether oxygens (including phenoxy) is 2. The minimum Gasteiger partial charge on any atom is -0.619 e. The Morgan fingerprint density at radius 2 is 1.92 bits per heavy atom. The lowest BCUT2D eigenvalue weighted by Gasteiger charge is -2.17. The summed E-state index contributed by atoms with van der Waals surface area (Å²) in [5.74, 6) is -0.914. The molecule has 7 heteroatoms. The van der Waals surface area contributed by atoms with Gasteiger partial charge in [-0.1, -0.05) is 0 Å². The number of carbonyl (C=O) groups excluding carboxylic acids is 2. The molecule has 134 valence electrons. The van der Waals surface area contributed by atoms with E-state index in [-0.39, 0.29) is 24.0 Å². The van der Waals surface area contributed by atoms with E-state index >= 15 is 0 Å². The fourth-order valence-electron chi connectivity index (χ4n) is 2.89. The molecule has 2 rings (SSSR count). The normalized spacial score (nSPS) is 12.0. The number of ketones is 1. The van der Waals surface area contributed by atoms with Crippen molar-refractivity contribution in [1.82, 2.24) is 4.57 Å². The molecule has 0 N–H and O–H groups in total. The van der Waals surface area contributed by atoms with Gasteiger partial charge in [0.2, 0.25) is 5.78 Å². The van der Waals surface area contributed by atoms with E-state index in [4.69, 9.17) is 9.47 Å². The van der Waals surface area contributed by atoms with Crippen molar-refractivity contribution >= 4 is 11.8 Å². The molecule has 25 heavy (non-hydrogen) atoms. The largest absolute Gasteiger partial charge is 0.619 e. The third kappa shape index (κ3) is 4.24. The van der Waals surface area contributed by atoms with Crippen LogP contribution < -0.4 is 4.73 Å². The molecule has 1 atom stereocenters. The Morgan fingerprint density at radius 1 is 1.28 bits per heavy atom. The number of aromatic nitrogens is 2. The lowest BCUT2D eigenvalue weighted by molar-refractivity contribution is -0.605. The molecule has 0 radical (unpaired) electrons. The molecule has 0 aliphatic rings. The smallest absolute Gasteiger partial charge is 0.339 e. The van der Waals surface area contributed by atoms with E-state index in [1.54, 1.807) is 13.2 Å². The highest BCUT2D eigenvalue weighted by atomic mass is 16.5. The lowest BCUT2D eigenvalue weighted by atomic mass is 10.1. The van der Waals surface area contributed by atoms with Crippen LogP contribution in [0.4, 0.5) is 0 Å². The number of Topliss-reactive ketones (excluding diaryl/α,β-unsaturated/α-hetero) is 1. The predicted molar refractivity (Wildman–Crippen MR) is 90.5 cm³/mol. The summed E-state index contributed by atoms with van der Waals surface area (Å²) in [7, 11) is 1.63. The molecular weight excluding hydrogens is 324 g/mol. The quantitative estimate of drug-likeness (QED) is 0.331. The number of rotatable bonds is 7. The van der Waals surface area contributed by atoms with Gasteiger partial charge in [-0.25, -0.2) is 4.79 Å². The van der Waals surface area contributed by atoms with Gasteiger partial charge in [-0.05, 0) is 26.8 Å². The van der Waals surface area contributed by atoms with E-state index in [2.05, 4.69) is 0 Å². The molecule has 1 unspecified atom stereocenters. The summed E-state index contributed by atoms with van der Waals surface area (Å²) in [4.78, 5) is 24.4. The van der Waals surface area contributed by atoms with Crippen molar-refractivity contribution in [2.75, 3.05) is 20.3 Å². The second kappa shape index (κ2) is 7.94. The monoisotopic (exact) mass is 346 g/mol. The molecule has 0 aliphatic carbocycles. The van der Waals surface area contributed by atoms with Gasteiger partial charge in [-0.15, -0.1) is 0 Å². The number of carbonyl (C=O) groups is 2. The first-order valence-electron chi connectivity index (χ1n) is 7.91. The minimum absolute atomic E-state index is 0.0946. The Balaban J connectivity index is 2.07. The number of nitrogens with zero attached hydrogens (tertiary/aromatic N) is 2. The summed E-state index contributed by atoms with van der Waals surface area (Å²) in [5.41, 5.74) is 2.51. The zero-order chi connectivity index (χ0) is 18.6. The Bertz CT molecular complexity index is 765. The van der Waals surface area contributed by atoms with Gasteiger partial charge in [-0.2, -0.15) is 4.73 Å². The average Bonchev–Trinajstić information content (AvgIpc) is 2.88. The molecule has 2 heterocycles. The number of esters is 1. The van der Waals surface area contributed by atoms with E-state index < -0.39 is 5.97 Å². The van der Waals surface area contributed by atoms with E-state index in [9.17, 15) is 14.8 Å². The Kier molecular flexibility index (Phi) is 5.93. The molecule has 7 nitrogen and oxygen atoms in total. The van der Waals surface area contributed by atoms with Crippen molar-refractivity contribution in [3.63, 3.8) is 0 Å². The first-order valence-corrected chi connectivity index (χ1v) is 7.91. The maximum atomic E-state index is 12.4. The van der Waals surface area contributed by atoms with E-state index in [0.717, 1.165) is 11.4 Å². The standard InChI is InChI=1S/C18H22N2O5/c1-12-9-16(14(3)20(12)13(2)10-24-4)17(21)11-25-18(22)15-5-7-19(23)8-6-15/h5-9,13H,10-11H2,1-4H3. The number of hydrogen-bond donors (Lipinski definition) is 0. The molecular formula is C18H22N2O5. The van der Waals surface area contributed by atoms with Crippen LogP contribution in [0.5, 0.6) is 0 Å². The van der Waals surface area contributed by atoms with Gasteiger partial charge < -0.3 is 19.2 Å². The molecule has 0 saturated heterocycles. The van der Waals surface area contributed by atoms with Gasteiger partial charge in [0.05, 0.1) is 18.2 Å². The number of pyridine rings is 1. The summed E-state index contributed by atoms with van der Waals surface area (Å²) in [6.45, 7) is 5.97. The first-order chi connectivity index (χ1) is 11.8. The highest BCUT2D eigenvalue weighted by Crippen LogP contribution is 2.21. The first kappa shape index (κ1) is 18.7. The molecule has 0 aromatic carbocycles. The molecule has 0 saturated carbocycles. The Labute approximate surface area is 146 Å². The van der Waals surface area contributed by atoms with Gasteiger partial charge in [0.15, 0.2) is 19.0 Å². The van der Waals surface area contributed by atoms with Gasteiger partial charge in [-0.3, -0.25) is 4.79 Å². The molecule has 2 aromatic rings. The molecule has 0 bridgehead atoms. The predicted octanol–water partition coefficient (Wildman–Crippen LogP) is 1.99. The summed E-state index contributed by atoms with van der Waals surface area (Å²) >= 11 is 0. The second-order valence-electron chi connectivity index (χ2n) is 5.91. The average molecular weight is 346 g/mol. The third-order valence-corrected chi connectivity index (χ3v) is 4.01. The van der Waals surface area contributed by atoms with Crippen LogP contribution in [0.1, 0.15) is 45.1 Å². The van der Waals surface area contributed by atoms with Crippen molar-refractivity contribution in [1.29, 1.82) is 0 Å². The van der Waals surface area contributed by atoms with Crippen LogP contribution in [0.2, 0.25) is 0 Å². The van der Waals surface area contributed by atoms with Crippen LogP contribution in [-0.2, 0) is 9.47 Å². The summed E-state index contributed by atoms with van der Waals surface area (Å²) in [6, 6.07) is 4.58. The van der Waals surface area contributed by atoms with Crippen LogP contribution in [0.3, 0.4) is 0 Å². The zero-order valence-electron chi connectivity index (χ0n) is 14.8. The van der Waals surface area contributed by atoms with Crippen LogP contribution in [-0.4, -0.2) is 36.6 Å². The molecule has 0 fully saturated rings. The van der Waals surface area contributed by atoms with Crippen LogP contribution in [0.15, 0.2) is 30.6 Å². The number of hydrogen-bond acceptors (Lipinski definition) is 5. The van der Waals surface area contributed by atoms with Crippen molar-refractivity contribution in [3.8, 4) is 0 Å². The zero-order valence-corrected chi connectivity index (χ0v) is 14.8. The summed E-state index contributed by atoms with van der Waals surface area (Å²) < 4.78 is 12.8. The topological polar surface area (TPSA) is 84.5 Å². The molecule has 2 aromatic heterocycles. The third-order valence-electron chi connectivity index (χ3n) is 4.01. The lowest BCUT2D eigenvalue weighted by Crippen LogP contribution is -2.24.